The number of benzene rings is 1. The molecule has 126 valence electrons. The number of nitrogens with zero attached hydrogens (tertiary/aromatic N) is 3. The zero-order valence-corrected chi connectivity index (χ0v) is 13.0. The molecule has 1 aromatic carbocycles. The molecule has 2 N–H and O–H groups in total. The van der Waals surface area contributed by atoms with Gasteiger partial charge in [-0.3, -0.25) is 14.2 Å². The Hall–Kier alpha value is -3.55. The molecule has 0 spiro atoms. The van der Waals surface area contributed by atoms with Crippen LogP contribution in [-0.4, -0.2) is 38.6 Å². The molecule has 0 radical (unpaired) electrons. The number of pyridine rings is 1. The fourth-order valence-corrected chi connectivity index (χ4v) is 2.52. The Bertz CT molecular complexity index is 999. The first kappa shape index (κ1) is 16.3. The summed E-state index contributed by atoms with van der Waals surface area (Å²) >= 11 is 0. The van der Waals surface area contributed by atoms with E-state index in [1.165, 1.54) is 16.8 Å². The van der Waals surface area contributed by atoms with Gasteiger partial charge in [0, 0.05) is 0 Å². The summed E-state index contributed by atoms with van der Waals surface area (Å²) in [6.45, 7) is -0.105. The minimum Gasteiger partial charge on any atom is -0.506 e. The van der Waals surface area contributed by atoms with E-state index >= 15 is 0 Å². The van der Waals surface area contributed by atoms with E-state index in [9.17, 15) is 19.5 Å². The highest BCUT2D eigenvalue weighted by atomic mass is 16.3. The number of fused-ring (bicyclic) bond motifs is 1. The highest BCUT2D eigenvalue weighted by Crippen LogP contribution is 2.24. The monoisotopic (exact) mass is 338 g/mol. The quantitative estimate of drug-likeness (QED) is 0.654. The van der Waals surface area contributed by atoms with Crippen molar-refractivity contribution in [2.75, 3.05) is 6.54 Å². The van der Waals surface area contributed by atoms with Gasteiger partial charge in [-0.25, -0.2) is 0 Å². The van der Waals surface area contributed by atoms with Gasteiger partial charge in [0.2, 0.25) is 0 Å². The predicted octanol–water partition coefficient (Wildman–Crippen LogP) is 0.474. The van der Waals surface area contributed by atoms with Gasteiger partial charge in [0.1, 0.15) is 17.6 Å². The summed E-state index contributed by atoms with van der Waals surface area (Å²) in [5, 5.41) is 20.5. The largest absolute Gasteiger partial charge is 0.506 e. The number of rotatable bonds is 5. The second kappa shape index (κ2) is 6.91. The van der Waals surface area contributed by atoms with Crippen molar-refractivity contribution in [3.8, 4) is 5.75 Å². The lowest BCUT2D eigenvalue weighted by Gasteiger charge is -2.13. The molecule has 1 amide bonds. The Balaban J connectivity index is 2.22. The third-order valence-corrected chi connectivity index (χ3v) is 3.66. The van der Waals surface area contributed by atoms with Crippen LogP contribution in [0.4, 0.5) is 0 Å². The van der Waals surface area contributed by atoms with Crippen molar-refractivity contribution >= 4 is 23.2 Å². The third kappa shape index (κ3) is 3.09. The molecule has 0 saturated carbocycles. The summed E-state index contributed by atoms with van der Waals surface area (Å²) in [6, 6.07) is 10.6. The maximum absolute atomic E-state index is 12.8. The molecule has 2 heterocycles. The number of aldehydes is 1. The number of carbonyl (C=O) groups is 2. The zero-order valence-electron chi connectivity index (χ0n) is 13.0. The van der Waals surface area contributed by atoms with Crippen LogP contribution in [0.1, 0.15) is 15.9 Å². The average molecular weight is 338 g/mol. The van der Waals surface area contributed by atoms with Crippen LogP contribution in [0.2, 0.25) is 0 Å². The zero-order chi connectivity index (χ0) is 17.8. The lowest BCUT2D eigenvalue weighted by molar-refractivity contribution is -0.107. The highest BCUT2D eigenvalue weighted by Gasteiger charge is 2.22. The van der Waals surface area contributed by atoms with E-state index in [0.29, 0.717) is 6.29 Å². The summed E-state index contributed by atoms with van der Waals surface area (Å²) < 4.78 is 1.27. The third-order valence-electron chi connectivity index (χ3n) is 3.66. The smallest absolute Gasteiger partial charge is 0.269 e. The van der Waals surface area contributed by atoms with Gasteiger partial charge < -0.3 is 15.2 Å². The van der Waals surface area contributed by atoms with E-state index in [2.05, 4.69) is 15.5 Å². The number of hydrogen-bond acceptors (Lipinski definition) is 6. The SMILES string of the molecule is O=CCNC(=O)c1c(O)c2ccnnc2n(Cc2ccccc2)c1=O. The minimum atomic E-state index is -0.824. The van der Waals surface area contributed by atoms with Crippen molar-refractivity contribution in [3.05, 3.63) is 64.1 Å². The minimum absolute atomic E-state index is 0.156. The van der Waals surface area contributed by atoms with Gasteiger partial charge in [0.15, 0.2) is 5.65 Å². The normalized spacial score (nSPS) is 10.6. The Kier molecular flexibility index (Phi) is 4.51. The van der Waals surface area contributed by atoms with Gasteiger partial charge in [-0.2, -0.15) is 5.10 Å². The Labute approximate surface area is 141 Å². The predicted molar refractivity (Wildman–Crippen MR) is 89.4 cm³/mol. The molecule has 0 atom stereocenters. The molecule has 0 aliphatic rings. The maximum atomic E-state index is 12.8. The summed E-state index contributed by atoms with van der Waals surface area (Å²) in [6.07, 6.45) is 1.84. The molecule has 3 rings (SSSR count). The number of carbonyl (C=O) groups excluding carboxylic acids is 2. The summed E-state index contributed by atoms with van der Waals surface area (Å²) in [4.78, 5) is 35.5. The molecule has 8 heteroatoms. The summed E-state index contributed by atoms with van der Waals surface area (Å²) in [5.41, 5.74) is -0.154. The second-order valence-electron chi connectivity index (χ2n) is 5.25. The van der Waals surface area contributed by atoms with Crippen LogP contribution < -0.4 is 10.9 Å². The van der Waals surface area contributed by atoms with Crippen LogP contribution >= 0.6 is 0 Å². The fourth-order valence-electron chi connectivity index (χ4n) is 2.52. The van der Waals surface area contributed by atoms with Gasteiger partial charge in [-0.05, 0) is 11.6 Å². The first-order chi connectivity index (χ1) is 12.1. The van der Waals surface area contributed by atoms with Crippen molar-refractivity contribution in [1.82, 2.24) is 20.1 Å². The molecular weight excluding hydrogens is 324 g/mol. The van der Waals surface area contributed by atoms with Crippen molar-refractivity contribution in [2.24, 2.45) is 0 Å². The van der Waals surface area contributed by atoms with Gasteiger partial charge in [0.05, 0.1) is 24.7 Å². The van der Waals surface area contributed by atoms with Gasteiger partial charge in [0.25, 0.3) is 11.5 Å². The topological polar surface area (TPSA) is 114 Å². The van der Waals surface area contributed by atoms with E-state index in [-0.39, 0.29) is 24.1 Å². The Morgan fingerprint density at radius 2 is 2.00 bits per heavy atom. The number of amides is 1. The fraction of sp³-hybridized carbons (Fsp3) is 0.118. The van der Waals surface area contributed by atoms with Crippen molar-refractivity contribution in [2.45, 2.75) is 6.54 Å². The molecule has 8 nitrogen and oxygen atoms in total. The molecule has 0 bridgehead atoms. The van der Waals surface area contributed by atoms with E-state index in [0.717, 1.165) is 5.56 Å². The number of aromatic hydroxyl groups is 1. The van der Waals surface area contributed by atoms with Crippen LogP contribution in [0.3, 0.4) is 0 Å². The summed E-state index contributed by atoms with van der Waals surface area (Å²) in [7, 11) is 0. The molecule has 0 aliphatic carbocycles. The first-order valence-electron chi connectivity index (χ1n) is 7.46. The Morgan fingerprint density at radius 1 is 1.24 bits per heavy atom. The second-order valence-corrected chi connectivity index (χ2v) is 5.25. The van der Waals surface area contributed by atoms with E-state index in [1.807, 2.05) is 30.3 Å². The van der Waals surface area contributed by atoms with E-state index in [4.69, 9.17) is 0 Å². The summed E-state index contributed by atoms with van der Waals surface area (Å²) in [5.74, 6) is -1.31. The van der Waals surface area contributed by atoms with Crippen LogP contribution in [-0.2, 0) is 11.3 Å². The maximum Gasteiger partial charge on any atom is 0.269 e. The van der Waals surface area contributed by atoms with Crippen molar-refractivity contribution < 1.29 is 14.7 Å². The molecule has 0 aliphatic heterocycles. The lowest BCUT2D eigenvalue weighted by Crippen LogP contribution is -2.34. The highest BCUT2D eigenvalue weighted by molar-refractivity contribution is 6.02. The van der Waals surface area contributed by atoms with Crippen LogP contribution in [0.25, 0.3) is 11.0 Å². The van der Waals surface area contributed by atoms with Gasteiger partial charge >= 0.3 is 0 Å². The van der Waals surface area contributed by atoms with Crippen LogP contribution in [0.5, 0.6) is 5.75 Å². The molecular formula is C17H14N4O4. The van der Waals surface area contributed by atoms with Crippen LogP contribution in [0, 0.1) is 0 Å². The average Bonchev–Trinajstić information content (AvgIpc) is 2.64. The van der Waals surface area contributed by atoms with E-state index in [1.54, 1.807) is 0 Å². The number of hydrogen-bond donors (Lipinski definition) is 2. The molecule has 0 saturated heterocycles. The van der Waals surface area contributed by atoms with Crippen molar-refractivity contribution in [3.63, 3.8) is 0 Å². The van der Waals surface area contributed by atoms with Crippen molar-refractivity contribution in [1.29, 1.82) is 0 Å². The standard InChI is InChI=1S/C17H14N4O4/c22-9-8-18-16(24)13-14(23)12-6-7-19-20-15(12)21(17(13)25)10-11-4-2-1-3-5-11/h1-7,9,23H,8,10H2,(H,18,24). The first-order valence-corrected chi connectivity index (χ1v) is 7.46. The van der Waals surface area contributed by atoms with Gasteiger partial charge in [-0.15, -0.1) is 5.10 Å². The Morgan fingerprint density at radius 3 is 2.72 bits per heavy atom. The van der Waals surface area contributed by atoms with Crippen LogP contribution in [0.15, 0.2) is 47.4 Å². The lowest BCUT2D eigenvalue weighted by atomic mass is 10.1. The molecule has 2 aromatic heterocycles. The molecule has 3 aromatic rings. The number of nitrogens with one attached hydrogen (secondary N) is 1. The molecule has 0 fully saturated rings. The molecule has 25 heavy (non-hydrogen) atoms. The number of aromatic nitrogens is 3. The van der Waals surface area contributed by atoms with E-state index < -0.39 is 22.8 Å². The molecule has 0 unspecified atom stereocenters. The van der Waals surface area contributed by atoms with Gasteiger partial charge in [-0.1, -0.05) is 30.3 Å².